The number of fused-ring (bicyclic) bond motifs is 1. The van der Waals surface area contributed by atoms with Gasteiger partial charge in [-0.2, -0.15) is 0 Å². The van der Waals surface area contributed by atoms with Crippen LogP contribution >= 0.6 is 11.6 Å². The number of hydrogen-bond acceptors (Lipinski definition) is 6. The molecular weight excluding hydrogens is 568 g/mol. The van der Waals surface area contributed by atoms with Crippen LogP contribution in [0.2, 0.25) is 5.02 Å². The van der Waals surface area contributed by atoms with Crippen LogP contribution in [-0.2, 0) is 20.8 Å². The molecule has 3 amide bonds. The number of aliphatic hydroxyl groups is 1. The van der Waals surface area contributed by atoms with E-state index in [2.05, 4.69) is 16.0 Å². The first-order chi connectivity index (χ1) is 20.7. The SMILES string of the molecule is CC(O)[C@H]1C(=O)N[C@H](Cc2ccc(Cl)cc2)C(=O)NC/C=C/c2ccccc2OCCN[C@@H](C2CCCCC2)C(=O)N1C. The van der Waals surface area contributed by atoms with Crippen molar-refractivity contribution in [3.8, 4) is 5.75 Å². The van der Waals surface area contributed by atoms with Crippen molar-refractivity contribution in [3.63, 3.8) is 0 Å². The van der Waals surface area contributed by atoms with Crippen LogP contribution in [0, 0.1) is 5.92 Å². The van der Waals surface area contributed by atoms with Gasteiger partial charge in [0, 0.05) is 37.1 Å². The first kappa shape index (κ1) is 32.5. The van der Waals surface area contributed by atoms with Gasteiger partial charge >= 0.3 is 0 Å². The van der Waals surface area contributed by atoms with Gasteiger partial charge < -0.3 is 30.7 Å². The highest BCUT2D eigenvalue weighted by Gasteiger charge is 2.38. The maximum Gasteiger partial charge on any atom is 0.246 e. The largest absolute Gasteiger partial charge is 0.492 e. The third-order valence-corrected chi connectivity index (χ3v) is 8.45. The third-order valence-electron chi connectivity index (χ3n) is 8.20. The standard InChI is InChI=1S/C33H43ClN4O5/c1-22(39)30-32(41)37-27(21-23-14-16-26(34)17-15-23)31(40)36-18-8-12-24-9-6-7-13-28(24)43-20-19-35-29(33(42)38(30)2)25-10-4-3-5-11-25/h6-9,12-17,22,25,27,29-30,35,39H,3-5,10-11,18-21H2,1-2H3,(H,36,40)(H,37,41)/b12-8+/t22?,27-,29+,30+/m1/s1. The lowest BCUT2D eigenvalue weighted by atomic mass is 9.83. The smallest absolute Gasteiger partial charge is 0.246 e. The second-order valence-corrected chi connectivity index (χ2v) is 11.8. The Morgan fingerprint density at radius 1 is 1.02 bits per heavy atom. The summed E-state index contributed by atoms with van der Waals surface area (Å²) in [4.78, 5) is 42.4. The van der Waals surface area contributed by atoms with Crippen LogP contribution in [0.4, 0.5) is 0 Å². The van der Waals surface area contributed by atoms with E-state index in [4.69, 9.17) is 16.3 Å². The lowest BCUT2D eigenvalue weighted by molar-refractivity contribution is -0.146. The number of benzene rings is 2. The van der Waals surface area contributed by atoms with E-state index in [9.17, 15) is 19.5 Å². The van der Waals surface area contributed by atoms with E-state index in [1.807, 2.05) is 36.4 Å². The molecule has 4 atom stereocenters. The average molecular weight is 611 g/mol. The molecule has 1 aliphatic heterocycles. The lowest BCUT2D eigenvalue weighted by Crippen LogP contribution is -2.61. The molecule has 4 N–H and O–H groups in total. The van der Waals surface area contributed by atoms with E-state index in [1.165, 1.54) is 11.8 Å². The van der Waals surface area contributed by atoms with E-state index in [0.717, 1.165) is 43.2 Å². The molecule has 1 heterocycles. The molecule has 1 fully saturated rings. The number of ether oxygens (including phenoxy) is 1. The molecule has 0 bridgehead atoms. The summed E-state index contributed by atoms with van der Waals surface area (Å²) in [5, 5.41) is 20.4. The zero-order valence-corrected chi connectivity index (χ0v) is 25.7. The van der Waals surface area contributed by atoms with Crippen molar-refractivity contribution in [2.24, 2.45) is 5.92 Å². The Balaban J connectivity index is 1.65. The number of amides is 3. The quantitative estimate of drug-likeness (QED) is 0.422. The number of likely N-dealkylation sites (N-methyl/N-ethyl adjacent to an activating group) is 1. The van der Waals surface area contributed by atoms with Crippen LogP contribution in [0.25, 0.3) is 6.08 Å². The first-order valence-corrected chi connectivity index (χ1v) is 15.5. The van der Waals surface area contributed by atoms with Gasteiger partial charge in [0.05, 0.1) is 12.1 Å². The summed E-state index contributed by atoms with van der Waals surface area (Å²) in [6, 6.07) is 12.0. The van der Waals surface area contributed by atoms with Gasteiger partial charge in [0.1, 0.15) is 24.4 Å². The van der Waals surface area contributed by atoms with Gasteiger partial charge in [0.25, 0.3) is 0 Å². The maximum absolute atomic E-state index is 14.0. The molecule has 232 valence electrons. The minimum absolute atomic E-state index is 0.102. The fourth-order valence-electron chi connectivity index (χ4n) is 5.91. The number of carbonyl (C=O) groups is 3. The fraction of sp³-hybridized carbons (Fsp3) is 0.485. The van der Waals surface area contributed by atoms with Crippen LogP contribution in [-0.4, -0.2) is 78.7 Å². The molecule has 0 radical (unpaired) electrons. The summed E-state index contributed by atoms with van der Waals surface area (Å²) in [6.07, 6.45) is 7.76. The predicted octanol–water partition coefficient (Wildman–Crippen LogP) is 3.34. The number of nitrogens with one attached hydrogen (secondary N) is 3. The Kier molecular flexibility index (Phi) is 12.0. The number of nitrogens with zero attached hydrogens (tertiary/aromatic N) is 1. The summed E-state index contributed by atoms with van der Waals surface area (Å²) in [7, 11) is 1.54. The summed E-state index contributed by atoms with van der Waals surface area (Å²) in [5.74, 6) is -0.454. The Bertz CT molecular complexity index is 1260. The van der Waals surface area contributed by atoms with Gasteiger partial charge in [0.15, 0.2) is 0 Å². The second-order valence-electron chi connectivity index (χ2n) is 11.4. The molecule has 1 unspecified atom stereocenters. The van der Waals surface area contributed by atoms with Gasteiger partial charge in [-0.3, -0.25) is 14.4 Å². The Labute approximate surface area is 259 Å². The molecule has 2 aromatic rings. The topological polar surface area (TPSA) is 120 Å². The molecule has 9 nitrogen and oxygen atoms in total. The van der Waals surface area contributed by atoms with Crippen LogP contribution in [0.5, 0.6) is 5.75 Å². The highest BCUT2D eigenvalue weighted by atomic mass is 35.5. The van der Waals surface area contributed by atoms with Crippen LogP contribution in [0.1, 0.15) is 50.2 Å². The number of para-hydroxylation sites is 1. The van der Waals surface area contributed by atoms with E-state index >= 15 is 0 Å². The molecule has 2 aromatic carbocycles. The molecule has 0 aromatic heterocycles. The summed E-state index contributed by atoms with van der Waals surface area (Å²) >= 11 is 6.05. The predicted molar refractivity (Wildman–Crippen MR) is 168 cm³/mol. The van der Waals surface area contributed by atoms with Gasteiger partial charge in [-0.15, -0.1) is 0 Å². The number of rotatable bonds is 4. The molecular formula is C33H43ClN4O5. The van der Waals surface area contributed by atoms with Crippen molar-refractivity contribution >= 4 is 35.4 Å². The van der Waals surface area contributed by atoms with Gasteiger partial charge in [-0.05, 0) is 49.4 Å². The molecule has 2 aliphatic rings. The van der Waals surface area contributed by atoms with E-state index in [0.29, 0.717) is 23.9 Å². The molecule has 1 aliphatic carbocycles. The summed E-state index contributed by atoms with van der Waals surface area (Å²) < 4.78 is 6.08. The van der Waals surface area contributed by atoms with Crippen molar-refractivity contribution in [3.05, 3.63) is 70.8 Å². The highest BCUT2D eigenvalue weighted by molar-refractivity contribution is 6.30. The Hall–Kier alpha value is -3.40. The van der Waals surface area contributed by atoms with Crippen molar-refractivity contribution < 1.29 is 24.2 Å². The van der Waals surface area contributed by atoms with E-state index < -0.39 is 36.0 Å². The molecule has 0 spiro atoms. The zero-order valence-electron chi connectivity index (χ0n) is 24.9. The minimum Gasteiger partial charge on any atom is -0.492 e. The minimum atomic E-state index is -1.19. The Morgan fingerprint density at radius 3 is 2.47 bits per heavy atom. The first-order valence-electron chi connectivity index (χ1n) is 15.1. The van der Waals surface area contributed by atoms with Gasteiger partial charge in [0.2, 0.25) is 17.7 Å². The summed E-state index contributed by atoms with van der Waals surface area (Å²) in [6.45, 7) is 2.48. The third kappa shape index (κ3) is 9.05. The fourth-order valence-corrected chi connectivity index (χ4v) is 6.04. The van der Waals surface area contributed by atoms with Gasteiger partial charge in [-0.1, -0.05) is 73.3 Å². The number of hydrogen-bond donors (Lipinski definition) is 4. The van der Waals surface area contributed by atoms with E-state index in [1.54, 1.807) is 31.3 Å². The lowest BCUT2D eigenvalue weighted by Gasteiger charge is -2.37. The van der Waals surface area contributed by atoms with Gasteiger partial charge in [-0.25, -0.2) is 0 Å². The maximum atomic E-state index is 14.0. The molecule has 4 rings (SSSR count). The van der Waals surface area contributed by atoms with E-state index in [-0.39, 0.29) is 24.8 Å². The Morgan fingerprint density at radius 2 is 1.74 bits per heavy atom. The van der Waals surface area contributed by atoms with Crippen molar-refractivity contribution in [2.45, 2.75) is 69.7 Å². The monoisotopic (exact) mass is 610 g/mol. The summed E-state index contributed by atoms with van der Waals surface area (Å²) in [5.41, 5.74) is 1.66. The molecule has 1 saturated carbocycles. The number of carbonyl (C=O) groups excluding carboxylic acids is 3. The highest BCUT2D eigenvalue weighted by Crippen LogP contribution is 2.28. The number of aliphatic hydroxyl groups excluding tert-OH is 1. The van der Waals surface area contributed by atoms with Crippen molar-refractivity contribution in [1.29, 1.82) is 0 Å². The van der Waals surface area contributed by atoms with Crippen molar-refractivity contribution in [1.82, 2.24) is 20.9 Å². The molecule has 10 heteroatoms. The number of halogens is 1. The molecule has 0 saturated heterocycles. The van der Waals surface area contributed by atoms with Crippen molar-refractivity contribution in [2.75, 3.05) is 26.7 Å². The van der Waals surface area contributed by atoms with Crippen LogP contribution in [0.15, 0.2) is 54.6 Å². The normalized spacial score (nSPS) is 24.9. The zero-order chi connectivity index (χ0) is 30.8. The van der Waals surface area contributed by atoms with Crippen LogP contribution in [0.3, 0.4) is 0 Å². The van der Waals surface area contributed by atoms with Crippen LogP contribution < -0.4 is 20.7 Å². The average Bonchev–Trinajstić information content (AvgIpc) is 3.00. The second kappa shape index (κ2) is 15.9. The molecule has 43 heavy (non-hydrogen) atoms.